The predicted octanol–water partition coefficient (Wildman–Crippen LogP) is 3.73. The van der Waals surface area contributed by atoms with Crippen molar-refractivity contribution in [1.29, 1.82) is 0 Å². The number of nitrogens with one attached hydrogen (secondary N) is 1. The van der Waals surface area contributed by atoms with Crippen molar-refractivity contribution in [1.82, 2.24) is 0 Å². The Balaban J connectivity index is 2.11. The third-order valence-electron chi connectivity index (χ3n) is 2.73. The van der Waals surface area contributed by atoms with E-state index in [2.05, 4.69) is 5.32 Å². The van der Waals surface area contributed by atoms with Gasteiger partial charge in [0.15, 0.2) is 0 Å². The second-order valence-corrected chi connectivity index (χ2v) is 4.96. The SMILES string of the molecule is CC1(C(=O)Nc2ccc(Cl)c(Cl)c2)CC1. The van der Waals surface area contributed by atoms with Crippen molar-refractivity contribution < 1.29 is 4.79 Å². The summed E-state index contributed by atoms with van der Waals surface area (Å²) >= 11 is 11.6. The first-order valence-corrected chi connectivity index (χ1v) is 5.53. The normalized spacial score (nSPS) is 17.3. The van der Waals surface area contributed by atoms with Crippen LogP contribution in [0.3, 0.4) is 0 Å². The highest BCUT2D eigenvalue weighted by Gasteiger charge is 2.44. The van der Waals surface area contributed by atoms with Crippen molar-refractivity contribution >= 4 is 34.8 Å². The fraction of sp³-hybridized carbons (Fsp3) is 0.364. The van der Waals surface area contributed by atoms with E-state index in [0.29, 0.717) is 15.7 Å². The summed E-state index contributed by atoms with van der Waals surface area (Å²) in [4.78, 5) is 11.7. The summed E-state index contributed by atoms with van der Waals surface area (Å²) in [5.74, 6) is 0.0564. The Hall–Kier alpha value is -0.730. The van der Waals surface area contributed by atoms with E-state index >= 15 is 0 Å². The summed E-state index contributed by atoms with van der Waals surface area (Å²) < 4.78 is 0. The Bertz CT molecular complexity index is 413. The van der Waals surface area contributed by atoms with Crippen LogP contribution in [0.1, 0.15) is 19.8 Å². The van der Waals surface area contributed by atoms with Crippen LogP contribution in [0, 0.1) is 5.41 Å². The number of hydrogen-bond donors (Lipinski definition) is 1. The lowest BCUT2D eigenvalue weighted by Gasteiger charge is -2.10. The lowest BCUT2D eigenvalue weighted by atomic mass is 10.1. The number of rotatable bonds is 2. The zero-order valence-electron chi connectivity index (χ0n) is 8.31. The molecule has 4 heteroatoms. The van der Waals surface area contributed by atoms with Gasteiger partial charge >= 0.3 is 0 Å². The molecule has 1 N–H and O–H groups in total. The molecular formula is C11H11Cl2NO. The average molecular weight is 244 g/mol. The molecule has 1 aliphatic carbocycles. The van der Waals surface area contributed by atoms with Crippen molar-refractivity contribution in [2.24, 2.45) is 5.41 Å². The largest absolute Gasteiger partial charge is 0.326 e. The maximum absolute atomic E-state index is 11.7. The minimum atomic E-state index is -0.174. The van der Waals surface area contributed by atoms with Crippen LogP contribution in [0.25, 0.3) is 0 Å². The molecule has 0 unspecified atom stereocenters. The van der Waals surface area contributed by atoms with Crippen LogP contribution in [0.4, 0.5) is 5.69 Å². The molecule has 0 aromatic heterocycles. The van der Waals surface area contributed by atoms with E-state index in [4.69, 9.17) is 23.2 Å². The smallest absolute Gasteiger partial charge is 0.230 e. The molecule has 0 atom stereocenters. The third-order valence-corrected chi connectivity index (χ3v) is 3.46. The first-order chi connectivity index (χ1) is 7.01. The summed E-state index contributed by atoms with van der Waals surface area (Å²) in [6.07, 6.45) is 1.92. The van der Waals surface area contributed by atoms with Crippen LogP contribution >= 0.6 is 23.2 Å². The van der Waals surface area contributed by atoms with Crippen LogP contribution in [0.15, 0.2) is 18.2 Å². The van der Waals surface area contributed by atoms with Gasteiger partial charge in [-0.3, -0.25) is 4.79 Å². The van der Waals surface area contributed by atoms with E-state index < -0.39 is 0 Å². The van der Waals surface area contributed by atoms with E-state index in [1.807, 2.05) is 6.92 Å². The summed E-state index contributed by atoms with van der Waals surface area (Å²) in [5, 5.41) is 3.78. The molecule has 1 fully saturated rings. The van der Waals surface area contributed by atoms with Crippen molar-refractivity contribution in [2.75, 3.05) is 5.32 Å². The molecule has 2 nitrogen and oxygen atoms in total. The molecule has 15 heavy (non-hydrogen) atoms. The summed E-state index contributed by atoms with van der Waals surface area (Å²) in [7, 11) is 0. The maximum atomic E-state index is 11.7. The first-order valence-electron chi connectivity index (χ1n) is 4.78. The number of hydrogen-bond acceptors (Lipinski definition) is 1. The fourth-order valence-corrected chi connectivity index (χ4v) is 1.57. The number of benzene rings is 1. The van der Waals surface area contributed by atoms with Crippen molar-refractivity contribution in [2.45, 2.75) is 19.8 Å². The molecular weight excluding hydrogens is 233 g/mol. The molecule has 1 aromatic carbocycles. The Kier molecular flexibility index (Phi) is 2.65. The molecule has 1 aromatic rings. The van der Waals surface area contributed by atoms with Gasteiger partial charge in [0.2, 0.25) is 5.91 Å². The van der Waals surface area contributed by atoms with Gasteiger partial charge in [-0.05, 0) is 31.0 Å². The van der Waals surface area contributed by atoms with Gasteiger partial charge in [0.25, 0.3) is 0 Å². The quantitative estimate of drug-likeness (QED) is 0.843. The minimum absolute atomic E-state index is 0.0564. The highest BCUT2D eigenvalue weighted by Crippen LogP contribution is 2.45. The second kappa shape index (κ2) is 3.69. The maximum Gasteiger partial charge on any atom is 0.230 e. The molecule has 0 spiro atoms. The van der Waals surface area contributed by atoms with Crippen LogP contribution in [-0.4, -0.2) is 5.91 Å². The van der Waals surface area contributed by atoms with E-state index in [1.165, 1.54) is 0 Å². The number of carbonyl (C=O) groups excluding carboxylic acids is 1. The molecule has 2 rings (SSSR count). The molecule has 0 aliphatic heterocycles. The Morgan fingerprint density at radius 2 is 2.00 bits per heavy atom. The van der Waals surface area contributed by atoms with Gasteiger partial charge in [0.05, 0.1) is 10.0 Å². The van der Waals surface area contributed by atoms with Gasteiger partial charge in [-0.1, -0.05) is 30.1 Å². The van der Waals surface area contributed by atoms with Crippen LogP contribution in [0.5, 0.6) is 0 Å². The summed E-state index contributed by atoms with van der Waals surface area (Å²) in [5.41, 5.74) is 0.522. The van der Waals surface area contributed by atoms with Gasteiger partial charge in [-0.25, -0.2) is 0 Å². The number of carbonyl (C=O) groups is 1. The monoisotopic (exact) mass is 243 g/mol. The van der Waals surface area contributed by atoms with Crippen LogP contribution < -0.4 is 5.32 Å². The zero-order chi connectivity index (χ0) is 11.1. The highest BCUT2D eigenvalue weighted by atomic mass is 35.5. The number of anilines is 1. The van der Waals surface area contributed by atoms with Gasteiger partial charge in [0, 0.05) is 11.1 Å². The molecule has 0 radical (unpaired) electrons. The zero-order valence-corrected chi connectivity index (χ0v) is 9.82. The van der Waals surface area contributed by atoms with Gasteiger partial charge < -0.3 is 5.32 Å². The molecule has 1 aliphatic rings. The standard InChI is InChI=1S/C11H11Cl2NO/c1-11(4-5-11)10(15)14-7-2-3-8(12)9(13)6-7/h2-3,6H,4-5H2,1H3,(H,14,15). The van der Waals surface area contributed by atoms with Crippen molar-refractivity contribution in [3.8, 4) is 0 Å². The lowest BCUT2D eigenvalue weighted by Crippen LogP contribution is -2.21. The van der Waals surface area contributed by atoms with Crippen molar-refractivity contribution in [3.63, 3.8) is 0 Å². The van der Waals surface area contributed by atoms with Crippen LogP contribution in [0.2, 0.25) is 10.0 Å². The number of amides is 1. The first kappa shape index (κ1) is 10.8. The van der Waals surface area contributed by atoms with Crippen molar-refractivity contribution in [3.05, 3.63) is 28.2 Å². The summed E-state index contributed by atoms with van der Waals surface area (Å²) in [6, 6.07) is 5.08. The van der Waals surface area contributed by atoms with Gasteiger partial charge in [-0.15, -0.1) is 0 Å². The van der Waals surface area contributed by atoms with E-state index in [1.54, 1.807) is 18.2 Å². The van der Waals surface area contributed by atoms with Gasteiger partial charge in [0.1, 0.15) is 0 Å². The minimum Gasteiger partial charge on any atom is -0.326 e. The molecule has 1 saturated carbocycles. The molecule has 0 saturated heterocycles. The van der Waals surface area contributed by atoms with E-state index in [-0.39, 0.29) is 11.3 Å². The fourth-order valence-electron chi connectivity index (χ4n) is 1.27. The van der Waals surface area contributed by atoms with Crippen LogP contribution in [-0.2, 0) is 4.79 Å². The Morgan fingerprint density at radius 3 is 2.53 bits per heavy atom. The molecule has 0 heterocycles. The Labute approximate surface area is 98.6 Å². The van der Waals surface area contributed by atoms with E-state index in [0.717, 1.165) is 12.8 Å². The van der Waals surface area contributed by atoms with Gasteiger partial charge in [-0.2, -0.15) is 0 Å². The highest BCUT2D eigenvalue weighted by molar-refractivity contribution is 6.42. The lowest BCUT2D eigenvalue weighted by molar-refractivity contribution is -0.120. The number of halogens is 2. The molecule has 0 bridgehead atoms. The second-order valence-electron chi connectivity index (χ2n) is 4.14. The third kappa shape index (κ3) is 2.27. The van der Waals surface area contributed by atoms with E-state index in [9.17, 15) is 4.79 Å². The molecule has 1 amide bonds. The molecule has 80 valence electrons. The summed E-state index contributed by atoms with van der Waals surface area (Å²) in [6.45, 7) is 1.96. The predicted molar refractivity (Wildman–Crippen MR) is 62.4 cm³/mol. The average Bonchev–Trinajstić information content (AvgIpc) is 2.92. The Morgan fingerprint density at radius 1 is 1.33 bits per heavy atom. The topological polar surface area (TPSA) is 29.1 Å².